The van der Waals surface area contributed by atoms with Gasteiger partial charge in [0, 0.05) is 31.2 Å². The molecule has 88 valence electrons. The highest BCUT2D eigenvalue weighted by Gasteiger charge is 2.15. The third-order valence-electron chi connectivity index (χ3n) is 2.67. The molecular formula is C12H14N4O. The van der Waals surface area contributed by atoms with E-state index >= 15 is 0 Å². The lowest BCUT2D eigenvalue weighted by Gasteiger charge is -2.15. The predicted octanol–water partition coefficient (Wildman–Crippen LogP) is 0.877. The summed E-state index contributed by atoms with van der Waals surface area (Å²) in [7, 11) is 1.61. The molecule has 1 atom stereocenters. The Labute approximate surface area is 99.4 Å². The Hall–Kier alpha value is -2.17. The summed E-state index contributed by atoms with van der Waals surface area (Å²) in [6.07, 6.45) is 2.39. The molecule has 0 bridgehead atoms. The first kappa shape index (κ1) is 11.3. The molecule has 1 aliphatic rings. The molecule has 5 heteroatoms. The highest BCUT2D eigenvalue weighted by atomic mass is 16.1. The Morgan fingerprint density at radius 2 is 2.35 bits per heavy atom. The zero-order valence-electron chi connectivity index (χ0n) is 9.55. The first-order chi connectivity index (χ1) is 8.20. The number of carbonyl (C=O) groups is 1. The van der Waals surface area contributed by atoms with Gasteiger partial charge < -0.3 is 11.1 Å². The van der Waals surface area contributed by atoms with Gasteiger partial charge in [0.25, 0.3) is 5.91 Å². The van der Waals surface area contributed by atoms with Crippen molar-refractivity contribution in [1.82, 2.24) is 5.32 Å². The zero-order chi connectivity index (χ0) is 12.3. The first-order valence-electron chi connectivity index (χ1n) is 5.38. The minimum atomic E-state index is -0.0961. The molecule has 0 saturated carbocycles. The normalized spacial score (nSPS) is 18.6. The smallest absolute Gasteiger partial charge is 0.251 e. The fourth-order valence-corrected chi connectivity index (χ4v) is 1.77. The monoisotopic (exact) mass is 230 g/mol. The summed E-state index contributed by atoms with van der Waals surface area (Å²) in [5.41, 5.74) is 7.30. The zero-order valence-corrected chi connectivity index (χ0v) is 9.55. The summed E-state index contributed by atoms with van der Waals surface area (Å²) in [6.45, 7) is 0. The van der Waals surface area contributed by atoms with E-state index in [1.54, 1.807) is 19.3 Å². The molecule has 0 radical (unpaired) electrons. The van der Waals surface area contributed by atoms with Crippen molar-refractivity contribution < 1.29 is 4.79 Å². The minimum Gasteiger partial charge on any atom is -0.386 e. The SMILES string of the molecule is CNC(=O)c1cccc(C2C=NN=C(N)C2)c1. The molecule has 5 nitrogen and oxygen atoms in total. The Kier molecular flexibility index (Phi) is 3.18. The predicted molar refractivity (Wildman–Crippen MR) is 67.3 cm³/mol. The number of nitrogens with two attached hydrogens (primary N) is 1. The highest BCUT2D eigenvalue weighted by molar-refractivity contribution is 5.94. The topological polar surface area (TPSA) is 79.8 Å². The fourth-order valence-electron chi connectivity index (χ4n) is 1.77. The third-order valence-corrected chi connectivity index (χ3v) is 2.67. The average Bonchev–Trinajstić information content (AvgIpc) is 2.38. The van der Waals surface area contributed by atoms with E-state index in [1.165, 1.54) is 0 Å². The second-order valence-corrected chi connectivity index (χ2v) is 3.87. The number of hydrogen-bond acceptors (Lipinski definition) is 4. The Morgan fingerprint density at radius 3 is 3.06 bits per heavy atom. The van der Waals surface area contributed by atoms with Gasteiger partial charge in [-0.2, -0.15) is 5.10 Å². The summed E-state index contributed by atoms with van der Waals surface area (Å²) in [5, 5.41) is 10.2. The van der Waals surface area contributed by atoms with Crippen LogP contribution in [0, 0.1) is 0 Å². The summed E-state index contributed by atoms with van der Waals surface area (Å²) in [5.74, 6) is 0.515. The molecule has 1 heterocycles. The van der Waals surface area contributed by atoms with Crippen LogP contribution in [0.5, 0.6) is 0 Å². The average molecular weight is 230 g/mol. The van der Waals surface area contributed by atoms with Crippen molar-refractivity contribution in [2.45, 2.75) is 12.3 Å². The number of benzene rings is 1. The Bertz CT molecular complexity index is 493. The van der Waals surface area contributed by atoms with E-state index in [0.717, 1.165) is 5.56 Å². The van der Waals surface area contributed by atoms with Gasteiger partial charge in [-0.3, -0.25) is 4.79 Å². The molecule has 0 aliphatic carbocycles. The quantitative estimate of drug-likeness (QED) is 0.790. The van der Waals surface area contributed by atoms with Crippen molar-refractivity contribution in [3.05, 3.63) is 35.4 Å². The van der Waals surface area contributed by atoms with Crippen LogP contribution in [-0.4, -0.2) is 25.0 Å². The summed E-state index contributed by atoms with van der Waals surface area (Å²) >= 11 is 0. The molecule has 0 spiro atoms. The van der Waals surface area contributed by atoms with Crippen LogP contribution in [0.4, 0.5) is 0 Å². The number of nitrogens with zero attached hydrogens (tertiary/aromatic N) is 2. The van der Waals surface area contributed by atoms with Crippen molar-refractivity contribution in [2.75, 3.05) is 7.05 Å². The number of amidine groups is 1. The van der Waals surface area contributed by atoms with Gasteiger partial charge in [-0.1, -0.05) is 12.1 Å². The van der Waals surface area contributed by atoms with Crippen molar-refractivity contribution in [3.8, 4) is 0 Å². The fraction of sp³-hybridized carbons (Fsp3) is 0.250. The van der Waals surface area contributed by atoms with E-state index in [4.69, 9.17) is 5.73 Å². The molecular weight excluding hydrogens is 216 g/mol. The molecule has 1 unspecified atom stereocenters. The van der Waals surface area contributed by atoms with Crippen molar-refractivity contribution in [1.29, 1.82) is 0 Å². The van der Waals surface area contributed by atoms with Gasteiger partial charge in [-0.15, -0.1) is 5.10 Å². The molecule has 3 N–H and O–H groups in total. The van der Waals surface area contributed by atoms with Crippen LogP contribution in [0.15, 0.2) is 34.5 Å². The van der Waals surface area contributed by atoms with E-state index < -0.39 is 0 Å². The second-order valence-electron chi connectivity index (χ2n) is 3.87. The Morgan fingerprint density at radius 1 is 1.53 bits per heavy atom. The molecule has 0 saturated heterocycles. The minimum absolute atomic E-state index is 0.0945. The summed E-state index contributed by atoms with van der Waals surface area (Å²) in [4.78, 5) is 11.5. The van der Waals surface area contributed by atoms with Crippen LogP contribution in [0.25, 0.3) is 0 Å². The van der Waals surface area contributed by atoms with Crippen LogP contribution in [0.1, 0.15) is 28.3 Å². The lowest BCUT2D eigenvalue weighted by Crippen LogP contribution is -2.21. The molecule has 1 aromatic rings. The van der Waals surface area contributed by atoms with Gasteiger partial charge in [-0.05, 0) is 17.7 Å². The Balaban J connectivity index is 2.25. The van der Waals surface area contributed by atoms with E-state index in [9.17, 15) is 4.79 Å². The van der Waals surface area contributed by atoms with Crippen molar-refractivity contribution in [3.63, 3.8) is 0 Å². The second kappa shape index (κ2) is 4.78. The van der Waals surface area contributed by atoms with Crippen LogP contribution in [-0.2, 0) is 0 Å². The highest BCUT2D eigenvalue weighted by Crippen LogP contribution is 2.21. The van der Waals surface area contributed by atoms with Crippen LogP contribution in [0.2, 0.25) is 0 Å². The van der Waals surface area contributed by atoms with Crippen molar-refractivity contribution >= 4 is 18.0 Å². The maximum Gasteiger partial charge on any atom is 0.251 e. The number of rotatable bonds is 2. The molecule has 1 aromatic carbocycles. The number of amides is 1. The molecule has 1 aliphatic heterocycles. The largest absolute Gasteiger partial charge is 0.386 e. The maximum atomic E-state index is 11.5. The van der Waals surface area contributed by atoms with Gasteiger partial charge in [0.15, 0.2) is 0 Å². The first-order valence-corrected chi connectivity index (χ1v) is 5.38. The van der Waals surface area contributed by atoms with E-state index in [0.29, 0.717) is 17.8 Å². The van der Waals surface area contributed by atoms with E-state index in [2.05, 4.69) is 15.5 Å². The molecule has 17 heavy (non-hydrogen) atoms. The standard InChI is InChI=1S/C12H14N4O/c1-14-12(17)9-4-2-3-8(5-9)10-6-11(13)16-15-7-10/h2-5,7,10H,6H2,1H3,(H2,13,16)(H,14,17). The number of hydrogen-bond donors (Lipinski definition) is 2. The molecule has 1 amide bonds. The van der Waals surface area contributed by atoms with Gasteiger partial charge in [0.1, 0.15) is 5.84 Å². The van der Waals surface area contributed by atoms with Gasteiger partial charge in [0.05, 0.1) is 0 Å². The van der Waals surface area contributed by atoms with Crippen molar-refractivity contribution in [2.24, 2.45) is 15.9 Å². The van der Waals surface area contributed by atoms with E-state index in [-0.39, 0.29) is 11.8 Å². The van der Waals surface area contributed by atoms with Crippen LogP contribution in [0.3, 0.4) is 0 Å². The lowest BCUT2D eigenvalue weighted by molar-refractivity contribution is 0.0963. The van der Waals surface area contributed by atoms with Gasteiger partial charge in [0.2, 0.25) is 0 Å². The summed E-state index contributed by atoms with van der Waals surface area (Å²) in [6, 6.07) is 7.45. The lowest BCUT2D eigenvalue weighted by atomic mass is 9.94. The summed E-state index contributed by atoms with van der Waals surface area (Å²) < 4.78 is 0. The van der Waals surface area contributed by atoms with Gasteiger partial charge >= 0.3 is 0 Å². The number of nitrogens with one attached hydrogen (secondary N) is 1. The molecule has 0 aromatic heterocycles. The maximum absolute atomic E-state index is 11.5. The number of carbonyl (C=O) groups excluding carboxylic acids is 1. The van der Waals surface area contributed by atoms with Crippen LogP contribution < -0.4 is 11.1 Å². The molecule has 2 rings (SSSR count). The van der Waals surface area contributed by atoms with E-state index in [1.807, 2.05) is 18.2 Å². The molecule has 0 fully saturated rings. The third kappa shape index (κ3) is 2.50. The van der Waals surface area contributed by atoms with Crippen LogP contribution >= 0.6 is 0 Å². The van der Waals surface area contributed by atoms with Gasteiger partial charge in [-0.25, -0.2) is 0 Å².